The molecule has 0 heterocycles. The van der Waals surface area contributed by atoms with Crippen LogP contribution in [0.1, 0.15) is 31.1 Å². The molecule has 0 unspecified atom stereocenters. The Balaban J connectivity index is 2.85. The molecule has 0 amide bonds. The van der Waals surface area contributed by atoms with E-state index in [4.69, 9.17) is 9.47 Å². The first-order chi connectivity index (χ1) is 9.24. The fourth-order valence-electron chi connectivity index (χ4n) is 1.74. The molecule has 0 spiro atoms. The van der Waals surface area contributed by atoms with E-state index in [0.29, 0.717) is 11.3 Å². The van der Waals surface area contributed by atoms with Crippen molar-refractivity contribution in [1.29, 1.82) is 0 Å². The number of methoxy groups -OCH3 is 1. The van der Waals surface area contributed by atoms with Crippen LogP contribution in [0.4, 0.5) is 5.69 Å². The van der Waals surface area contributed by atoms with E-state index in [9.17, 15) is 9.59 Å². The van der Waals surface area contributed by atoms with E-state index in [1.807, 2.05) is 20.8 Å². The summed E-state index contributed by atoms with van der Waals surface area (Å²) in [4.78, 5) is 25.2. The molecule has 0 N–H and O–H groups in total. The van der Waals surface area contributed by atoms with Crippen LogP contribution in [0, 0.1) is 0 Å². The van der Waals surface area contributed by atoms with Crippen LogP contribution in [0.3, 0.4) is 0 Å². The van der Waals surface area contributed by atoms with Crippen molar-refractivity contribution in [1.82, 2.24) is 0 Å². The minimum atomic E-state index is -0.528. The lowest BCUT2D eigenvalue weighted by Crippen LogP contribution is -2.33. The van der Waals surface area contributed by atoms with Gasteiger partial charge in [-0.3, -0.25) is 4.79 Å². The van der Waals surface area contributed by atoms with Crippen LogP contribution >= 0.6 is 0 Å². The highest BCUT2D eigenvalue weighted by Crippen LogP contribution is 2.20. The maximum atomic E-state index is 11.8. The van der Waals surface area contributed by atoms with Crippen molar-refractivity contribution in [3.63, 3.8) is 0 Å². The molecule has 0 radical (unpaired) electrons. The van der Waals surface area contributed by atoms with Crippen molar-refractivity contribution in [3.8, 4) is 0 Å². The van der Waals surface area contributed by atoms with E-state index < -0.39 is 11.6 Å². The van der Waals surface area contributed by atoms with Crippen molar-refractivity contribution < 1.29 is 19.1 Å². The number of benzene rings is 1. The normalized spacial score (nSPS) is 10.8. The molecule has 0 aromatic heterocycles. The fraction of sp³-hybridized carbons (Fsp3) is 0.467. The SMILES string of the molecule is COC(=O)c1ccccc1N(C)CC(=O)OC(C)(C)C. The van der Waals surface area contributed by atoms with Crippen LogP contribution in [0.15, 0.2) is 24.3 Å². The standard InChI is InChI=1S/C15H21NO4/c1-15(2,3)20-13(17)10-16(4)12-9-7-6-8-11(12)14(18)19-5/h6-9H,10H2,1-5H3. The summed E-state index contributed by atoms with van der Waals surface area (Å²) in [5.41, 5.74) is 0.519. The van der Waals surface area contributed by atoms with Crippen molar-refractivity contribution in [2.24, 2.45) is 0 Å². The van der Waals surface area contributed by atoms with E-state index >= 15 is 0 Å². The van der Waals surface area contributed by atoms with Crippen LogP contribution in [0.25, 0.3) is 0 Å². The molecule has 5 heteroatoms. The van der Waals surface area contributed by atoms with Gasteiger partial charge in [-0.1, -0.05) is 12.1 Å². The number of para-hydroxylation sites is 1. The zero-order chi connectivity index (χ0) is 15.3. The maximum absolute atomic E-state index is 11.8. The Bertz CT molecular complexity index is 491. The summed E-state index contributed by atoms with van der Waals surface area (Å²) in [5.74, 6) is -0.781. The second-order valence-electron chi connectivity index (χ2n) is 5.45. The highest BCUT2D eigenvalue weighted by Gasteiger charge is 2.20. The molecule has 0 saturated heterocycles. The van der Waals surface area contributed by atoms with Gasteiger partial charge >= 0.3 is 11.9 Å². The Kier molecular flexibility index (Phi) is 5.13. The van der Waals surface area contributed by atoms with Gasteiger partial charge in [-0.15, -0.1) is 0 Å². The predicted molar refractivity (Wildman–Crippen MR) is 76.9 cm³/mol. The van der Waals surface area contributed by atoms with E-state index in [-0.39, 0.29) is 12.5 Å². The molecule has 0 atom stereocenters. The second kappa shape index (κ2) is 6.41. The highest BCUT2D eigenvalue weighted by atomic mass is 16.6. The molecule has 0 aliphatic heterocycles. The summed E-state index contributed by atoms with van der Waals surface area (Å²) < 4.78 is 9.99. The van der Waals surface area contributed by atoms with Gasteiger partial charge in [0.25, 0.3) is 0 Å². The largest absolute Gasteiger partial charge is 0.465 e. The van der Waals surface area contributed by atoms with Gasteiger partial charge in [0.1, 0.15) is 12.1 Å². The summed E-state index contributed by atoms with van der Waals surface area (Å²) >= 11 is 0. The number of hydrogen-bond acceptors (Lipinski definition) is 5. The Morgan fingerprint density at radius 1 is 1.20 bits per heavy atom. The lowest BCUT2D eigenvalue weighted by atomic mass is 10.1. The third kappa shape index (κ3) is 4.57. The lowest BCUT2D eigenvalue weighted by Gasteiger charge is -2.24. The van der Waals surface area contributed by atoms with E-state index in [2.05, 4.69) is 0 Å². The van der Waals surface area contributed by atoms with Crippen molar-refractivity contribution in [2.75, 3.05) is 25.6 Å². The Morgan fingerprint density at radius 3 is 2.35 bits per heavy atom. The first kappa shape index (κ1) is 16.0. The minimum Gasteiger partial charge on any atom is -0.465 e. The van der Waals surface area contributed by atoms with E-state index in [1.54, 1.807) is 36.2 Å². The third-order valence-electron chi connectivity index (χ3n) is 2.51. The molecule has 110 valence electrons. The molecule has 0 saturated carbocycles. The number of anilines is 1. The fourth-order valence-corrected chi connectivity index (χ4v) is 1.74. The predicted octanol–water partition coefficient (Wildman–Crippen LogP) is 2.25. The van der Waals surface area contributed by atoms with Crippen LogP contribution < -0.4 is 4.90 Å². The molecule has 1 aromatic carbocycles. The lowest BCUT2D eigenvalue weighted by molar-refractivity contribution is -0.152. The first-order valence-corrected chi connectivity index (χ1v) is 6.35. The summed E-state index contributed by atoms with van der Waals surface area (Å²) in [7, 11) is 3.05. The summed E-state index contributed by atoms with van der Waals surface area (Å²) in [6.07, 6.45) is 0. The molecular formula is C15H21NO4. The molecule has 0 aliphatic carbocycles. The van der Waals surface area contributed by atoms with Gasteiger partial charge in [0.05, 0.1) is 18.4 Å². The summed E-state index contributed by atoms with van der Waals surface area (Å²) in [6, 6.07) is 6.97. The van der Waals surface area contributed by atoms with Crippen LogP contribution in [0.2, 0.25) is 0 Å². The van der Waals surface area contributed by atoms with Gasteiger partial charge in [-0.25, -0.2) is 4.79 Å². The monoisotopic (exact) mass is 279 g/mol. The minimum absolute atomic E-state index is 0.0608. The van der Waals surface area contributed by atoms with Crippen LogP contribution in [-0.2, 0) is 14.3 Å². The molecule has 0 aliphatic rings. The number of ether oxygens (including phenoxy) is 2. The van der Waals surface area contributed by atoms with Crippen LogP contribution in [-0.4, -0.2) is 38.2 Å². The number of hydrogen-bond donors (Lipinski definition) is 0. The van der Waals surface area contributed by atoms with Gasteiger partial charge in [0, 0.05) is 7.05 Å². The number of nitrogens with zero attached hydrogens (tertiary/aromatic N) is 1. The Morgan fingerprint density at radius 2 is 1.80 bits per heavy atom. The molecule has 0 fully saturated rings. The quantitative estimate of drug-likeness (QED) is 0.791. The number of carbonyl (C=O) groups excluding carboxylic acids is 2. The smallest absolute Gasteiger partial charge is 0.339 e. The number of esters is 2. The van der Waals surface area contributed by atoms with Gasteiger partial charge in [0.2, 0.25) is 0 Å². The van der Waals surface area contributed by atoms with Gasteiger partial charge in [-0.05, 0) is 32.9 Å². The van der Waals surface area contributed by atoms with Crippen molar-refractivity contribution in [2.45, 2.75) is 26.4 Å². The van der Waals surface area contributed by atoms with Crippen LogP contribution in [0.5, 0.6) is 0 Å². The maximum Gasteiger partial charge on any atom is 0.339 e. The zero-order valence-electron chi connectivity index (χ0n) is 12.6. The van der Waals surface area contributed by atoms with Gasteiger partial charge < -0.3 is 14.4 Å². The number of rotatable bonds is 4. The van der Waals surface area contributed by atoms with Crippen molar-refractivity contribution in [3.05, 3.63) is 29.8 Å². The Labute approximate surface area is 119 Å². The van der Waals surface area contributed by atoms with Crippen molar-refractivity contribution >= 4 is 17.6 Å². The first-order valence-electron chi connectivity index (χ1n) is 6.35. The molecule has 5 nitrogen and oxygen atoms in total. The molecular weight excluding hydrogens is 258 g/mol. The van der Waals surface area contributed by atoms with E-state index in [0.717, 1.165) is 0 Å². The molecule has 0 bridgehead atoms. The Hall–Kier alpha value is -2.04. The summed E-state index contributed by atoms with van der Waals surface area (Å²) in [5, 5.41) is 0. The zero-order valence-corrected chi connectivity index (χ0v) is 12.6. The molecule has 20 heavy (non-hydrogen) atoms. The summed E-state index contributed by atoms with van der Waals surface area (Å²) in [6.45, 7) is 5.50. The number of carbonyl (C=O) groups is 2. The highest BCUT2D eigenvalue weighted by molar-refractivity contribution is 5.96. The third-order valence-corrected chi connectivity index (χ3v) is 2.51. The van der Waals surface area contributed by atoms with Gasteiger partial charge in [-0.2, -0.15) is 0 Å². The van der Waals surface area contributed by atoms with Gasteiger partial charge in [0.15, 0.2) is 0 Å². The number of likely N-dealkylation sites (N-methyl/N-ethyl adjacent to an activating group) is 1. The molecule has 1 aromatic rings. The second-order valence-corrected chi connectivity index (χ2v) is 5.45. The average molecular weight is 279 g/mol. The molecule has 1 rings (SSSR count). The van der Waals surface area contributed by atoms with E-state index in [1.165, 1.54) is 7.11 Å². The average Bonchev–Trinajstić information content (AvgIpc) is 2.35. The topological polar surface area (TPSA) is 55.8 Å².